The van der Waals surface area contributed by atoms with Gasteiger partial charge in [0.2, 0.25) is 5.91 Å². The van der Waals surface area contributed by atoms with E-state index in [0.717, 1.165) is 32.4 Å². The van der Waals surface area contributed by atoms with E-state index < -0.39 is 0 Å². The highest BCUT2D eigenvalue weighted by atomic mass is 35.5. The molecule has 5 heteroatoms. The summed E-state index contributed by atoms with van der Waals surface area (Å²) in [4.78, 5) is 14.2. The van der Waals surface area contributed by atoms with E-state index >= 15 is 0 Å². The van der Waals surface area contributed by atoms with Gasteiger partial charge in [0, 0.05) is 6.04 Å². The van der Waals surface area contributed by atoms with Crippen molar-refractivity contribution in [2.24, 2.45) is 17.6 Å². The van der Waals surface area contributed by atoms with Gasteiger partial charge in [-0.3, -0.25) is 9.69 Å². The molecule has 3 aliphatic heterocycles. The highest BCUT2D eigenvalue weighted by molar-refractivity contribution is 5.85. The Bertz CT molecular complexity index is 433. The van der Waals surface area contributed by atoms with Crippen LogP contribution in [0.4, 0.5) is 0 Å². The van der Waals surface area contributed by atoms with Gasteiger partial charge in [-0.05, 0) is 43.8 Å². The fraction of sp³-hybridized carbons (Fsp3) is 0.533. The second kappa shape index (κ2) is 7.30. The maximum Gasteiger partial charge on any atom is 0.222 e. The van der Waals surface area contributed by atoms with Gasteiger partial charge in [0.25, 0.3) is 0 Å². The van der Waals surface area contributed by atoms with E-state index in [0.29, 0.717) is 12.0 Å². The van der Waals surface area contributed by atoms with Gasteiger partial charge >= 0.3 is 0 Å². The van der Waals surface area contributed by atoms with Crippen molar-refractivity contribution in [2.45, 2.75) is 25.3 Å². The molecule has 0 radical (unpaired) electrons. The lowest BCUT2D eigenvalue weighted by Crippen LogP contribution is -2.59. The number of primary amides is 1. The zero-order chi connectivity index (χ0) is 12.5. The van der Waals surface area contributed by atoms with Crippen molar-refractivity contribution in [3.8, 4) is 0 Å². The van der Waals surface area contributed by atoms with Gasteiger partial charge in [-0.1, -0.05) is 30.3 Å². The minimum Gasteiger partial charge on any atom is -0.369 e. The Morgan fingerprint density at radius 3 is 2.30 bits per heavy atom. The molecule has 1 amide bonds. The molecule has 2 atom stereocenters. The quantitative estimate of drug-likeness (QED) is 0.929. The standard InChI is InChI=1S/C15H20N2O.2ClH/c16-15(18)14-12-6-8-17(9-7-12)13(14)10-11-4-2-1-3-5-11;;/h1-5,12-14H,6-10H2,(H2,16,18);2*1H. The number of carbonyl (C=O) groups is 1. The number of halogens is 2. The number of rotatable bonds is 3. The minimum absolute atomic E-state index is 0. The number of hydrogen-bond acceptors (Lipinski definition) is 2. The summed E-state index contributed by atoms with van der Waals surface area (Å²) < 4.78 is 0. The van der Waals surface area contributed by atoms with E-state index in [1.54, 1.807) is 0 Å². The molecule has 0 aliphatic carbocycles. The molecule has 3 heterocycles. The summed E-state index contributed by atoms with van der Waals surface area (Å²) in [6.07, 6.45) is 3.22. The summed E-state index contributed by atoms with van der Waals surface area (Å²) in [5.74, 6) is 0.458. The Kier molecular flexibility index (Phi) is 6.31. The Morgan fingerprint density at radius 1 is 1.15 bits per heavy atom. The smallest absolute Gasteiger partial charge is 0.222 e. The van der Waals surface area contributed by atoms with E-state index in [2.05, 4.69) is 29.2 Å². The van der Waals surface area contributed by atoms with E-state index in [9.17, 15) is 4.79 Å². The summed E-state index contributed by atoms with van der Waals surface area (Å²) in [6, 6.07) is 10.7. The van der Waals surface area contributed by atoms with E-state index in [1.165, 1.54) is 5.56 Å². The molecule has 0 spiro atoms. The zero-order valence-corrected chi connectivity index (χ0v) is 13.0. The van der Waals surface area contributed by atoms with E-state index in [-0.39, 0.29) is 36.6 Å². The van der Waals surface area contributed by atoms with Crippen molar-refractivity contribution >= 4 is 30.7 Å². The van der Waals surface area contributed by atoms with Crippen molar-refractivity contribution in [3.63, 3.8) is 0 Å². The maximum absolute atomic E-state index is 11.7. The molecule has 1 aromatic rings. The highest BCUT2D eigenvalue weighted by Crippen LogP contribution is 2.38. The van der Waals surface area contributed by atoms with Crippen molar-refractivity contribution in [1.29, 1.82) is 0 Å². The first-order chi connectivity index (χ1) is 8.75. The van der Waals surface area contributed by atoms with Crippen LogP contribution in [0.2, 0.25) is 0 Å². The van der Waals surface area contributed by atoms with Gasteiger partial charge in [0.1, 0.15) is 0 Å². The van der Waals surface area contributed by atoms with Crippen molar-refractivity contribution in [2.75, 3.05) is 13.1 Å². The van der Waals surface area contributed by atoms with Crippen LogP contribution < -0.4 is 5.73 Å². The number of nitrogens with two attached hydrogens (primary N) is 1. The average molecular weight is 317 g/mol. The lowest BCUT2D eigenvalue weighted by molar-refractivity contribution is -0.132. The molecular weight excluding hydrogens is 295 g/mol. The molecule has 3 saturated heterocycles. The normalized spacial score (nSPS) is 31.0. The molecule has 2 N–H and O–H groups in total. The molecule has 0 aromatic heterocycles. The largest absolute Gasteiger partial charge is 0.369 e. The maximum atomic E-state index is 11.7. The minimum atomic E-state index is -0.106. The molecule has 2 bridgehead atoms. The van der Waals surface area contributed by atoms with Crippen LogP contribution in [0.25, 0.3) is 0 Å². The number of fused-ring (bicyclic) bond motifs is 3. The third kappa shape index (κ3) is 3.27. The summed E-state index contributed by atoms with van der Waals surface area (Å²) in [5.41, 5.74) is 6.94. The van der Waals surface area contributed by atoms with Gasteiger partial charge < -0.3 is 5.73 Å². The number of carbonyl (C=O) groups excluding carboxylic acids is 1. The van der Waals surface area contributed by atoms with Crippen molar-refractivity contribution < 1.29 is 4.79 Å². The third-order valence-electron chi connectivity index (χ3n) is 4.58. The first-order valence-corrected chi connectivity index (χ1v) is 6.83. The number of benzene rings is 1. The van der Waals surface area contributed by atoms with Gasteiger partial charge in [0.05, 0.1) is 5.92 Å². The average Bonchev–Trinajstić information content (AvgIpc) is 2.40. The lowest BCUT2D eigenvalue weighted by Gasteiger charge is -2.50. The van der Waals surface area contributed by atoms with Crippen LogP contribution >= 0.6 is 24.8 Å². The molecular formula is C15H22Cl2N2O. The van der Waals surface area contributed by atoms with E-state index in [1.807, 2.05) is 6.07 Å². The van der Waals surface area contributed by atoms with Crippen LogP contribution in [-0.4, -0.2) is 29.9 Å². The van der Waals surface area contributed by atoms with Gasteiger partial charge in [-0.2, -0.15) is 0 Å². The van der Waals surface area contributed by atoms with Crippen molar-refractivity contribution in [3.05, 3.63) is 35.9 Å². The number of nitrogens with zero attached hydrogens (tertiary/aromatic N) is 1. The Hall–Kier alpha value is -0.770. The molecule has 3 nitrogen and oxygen atoms in total. The number of piperidine rings is 3. The van der Waals surface area contributed by atoms with E-state index in [4.69, 9.17) is 5.73 Å². The Morgan fingerprint density at radius 2 is 1.75 bits per heavy atom. The fourth-order valence-corrected chi connectivity index (χ4v) is 3.69. The number of amides is 1. The summed E-state index contributed by atoms with van der Waals surface area (Å²) in [5, 5.41) is 0. The van der Waals surface area contributed by atoms with Crippen LogP contribution in [-0.2, 0) is 11.2 Å². The predicted molar refractivity (Wildman–Crippen MR) is 85.4 cm³/mol. The monoisotopic (exact) mass is 316 g/mol. The molecule has 0 saturated carbocycles. The molecule has 3 fully saturated rings. The summed E-state index contributed by atoms with van der Waals surface area (Å²) in [6.45, 7) is 2.26. The van der Waals surface area contributed by atoms with Crippen LogP contribution in [0.5, 0.6) is 0 Å². The predicted octanol–water partition coefficient (Wildman–Crippen LogP) is 2.27. The van der Waals surface area contributed by atoms with Crippen LogP contribution in [0.1, 0.15) is 18.4 Å². The summed E-state index contributed by atoms with van der Waals surface area (Å²) >= 11 is 0. The van der Waals surface area contributed by atoms with Gasteiger partial charge in [0.15, 0.2) is 0 Å². The fourth-order valence-electron chi connectivity index (χ4n) is 3.69. The molecule has 2 unspecified atom stereocenters. The SMILES string of the molecule is Cl.Cl.NC(=O)C1C2CCN(CC2)C1Cc1ccccc1. The molecule has 1 aromatic carbocycles. The van der Waals surface area contributed by atoms with Gasteiger partial charge in [-0.25, -0.2) is 0 Å². The molecule has 3 aliphatic rings. The Balaban J connectivity index is 0.000001000. The topological polar surface area (TPSA) is 46.3 Å². The van der Waals surface area contributed by atoms with Crippen LogP contribution in [0, 0.1) is 11.8 Å². The van der Waals surface area contributed by atoms with Gasteiger partial charge in [-0.15, -0.1) is 24.8 Å². The highest BCUT2D eigenvalue weighted by Gasteiger charge is 2.44. The zero-order valence-electron chi connectivity index (χ0n) is 11.4. The van der Waals surface area contributed by atoms with Crippen LogP contribution in [0.15, 0.2) is 30.3 Å². The molecule has 4 rings (SSSR count). The van der Waals surface area contributed by atoms with Crippen LogP contribution in [0.3, 0.4) is 0 Å². The van der Waals surface area contributed by atoms with Crippen molar-refractivity contribution in [1.82, 2.24) is 4.90 Å². The number of hydrogen-bond donors (Lipinski definition) is 1. The third-order valence-corrected chi connectivity index (χ3v) is 4.58. The lowest BCUT2D eigenvalue weighted by atomic mass is 9.72. The summed E-state index contributed by atoms with van der Waals surface area (Å²) in [7, 11) is 0. The first kappa shape index (κ1) is 17.3. The Labute approximate surface area is 132 Å². The molecule has 20 heavy (non-hydrogen) atoms. The second-order valence-electron chi connectivity index (χ2n) is 5.56. The first-order valence-electron chi connectivity index (χ1n) is 6.83. The molecule has 112 valence electrons. The second-order valence-corrected chi connectivity index (χ2v) is 5.56.